The number of carbonyl (C=O) groups is 1. The fraction of sp³-hybridized carbons (Fsp3) is 0.345. The average Bonchev–Trinajstić information content (AvgIpc) is 2.80. The largest absolute Gasteiger partial charge is 0.492 e. The summed E-state index contributed by atoms with van der Waals surface area (Å²) < 4.78 is 35.0. The van der Waals surface area contributed by atoms with Crippen molar-refractivity contribution in [1.29, 1.82) is 0 Å². The van der Waals surface area contributed by atoms with Crippen molar-refractivity contribution in [3.8, 4) is 5.75 Å². The number of halogens is 1. The number of hydrogen-bond acceptors (Lipinski definition) is 4. The second-order valence-electron chi connectivity index (χ2n) is 10.0. The van der Waals surface area contributed by atoms with Crippen molar-refractivity contribution in [2.24, 2.45) is 0 Å². The summed E-state index contributed by atoms with van der Waals surface area (Å²) in [5.41, 5.74) is 4.19. The van der Waals surface area contributed by atoms with Gasteiger partial charge in [0, 0.05) is 6.42 Å². The van der Waals surface area contributed by atoms with E-state index in [0.29, 0.717) is 17.9 Å². The number of nitrogens with zero attached hydrogens (tertiary/aromatic N) is 1. The quantitative estimate of drug-likeness (QED) is 0.267. The number of amides is 1. The molecule has 0 radical (unpaired) electrons. The van der Waals surface area contributed by atoms with Gasteiger partial charge in [-0.05, 0) is 95.6 Å². The van der Waals surface area contributed by atoms with Crippen LogP contribution < -0.4 is 9.04 Å². The van der Waals surface area contributed by atoms with Crippen LogP contribution in [0.4, 0.5) is 5.69 Å². The first kappa shape index (κ1) is 27.9. The van der Waals surface area contributed by atoms with Crippen LogP contribution in [0.15, 0.2) is 70.0 Å². The normalized spacial score (nSPS) is 11.9. The lowest BCUT2D eigenvalue weighted by Crippen LogP contribution is -2.37. The maximum Gasteiger partial charge on any atom is 0.270 e. The summed E-state index contributed by atoms with van der Waals surface area (Å²) >= 11 is 3.57. The fourth-order valence-electron chi connectivity index (χ4n) is 3.76. The summed E-state index contributed by atoms with van der Waals surface area (Å²) in [7, 11) is -4.09. The number of sulfonamides is 1. The van der Waals surface area contributed by atoms with Gasteiger partial charge in [-0.15, -0.1) is 0 Å². The Morgan fingerprint density at radius 1 is 0.972 bits per heavy atom. The van der Waals surface area contributed by atoms with E-state index >= 15 is 0 Å². The van der Waals surface area contributed by atoms with Crippen molar-refractivity contribution in [3.05, 3.63) is 87.4 Å². The molecule has 0 unspecified atom stereocenters. The molecular formula is C29H34BrNO4S. The van der Waals surface area contributed by atoms with Crippen molar-refractivity contribution in [3.63, 3.8) is 0 Å². The first-order valence-electron chi connectivity index (χ1n) is 12.0. The van der Waals surface area contributed by atoms with Crippen LogP contribution in [0.2, 0.25) is 0 Å². The summed E-state index contributed by atoms with van der Waals surface area (Å²) in [6.45, 7) is 12.3. The third kappa shape index (κ3) is 6.37. The highest BCUT2D eigenvalue weighted by molar-refractivity contribution is 9.10. The fourth-order valence-corrected chi connectivity index (χ4v) is 5.76. The molecule has 0 aliphatic rings. The third-order valence-electron chi connectivity index (χ3n) is 6.17. The van der Waals surface area contributed by atoms with Gasteiger partial charge >= 0.3 is 0 Å². The third-order valence-corrected chi connectivity index (χ3v) is 8.54. The lowest BCUT2D eigenvalue weighted by Gasteiger charge is -2.25. The summed E-state index contributed by atoms with van der Waals surface area (Å²) in [5, 5.41) is 0. The van der Waals surface area contributed by atoms with E-state index in [4.69, 9.17) is 4.74 Å². The minimum absolute atomic E-state index is 0.0216. The number of hydrogen-bond donors (Lipinski definition) is 0. The molecule has 0 bridgehead atoms. The highest BCUT2D eigenvalue weighted by Gasteiger charge is 2.32. The van der Waals surface area contributed by atoms with Gasteiger partial charge in [-0.2, -0.15) is 0 Å². The lowest BCUT2D eigenvalue weighted by atomic mass is 9.87. The molecule has 0 saturated heterocycles. The molecule has 0 fully saturated rings. The number of benzene rings is 3. The lowest BCUT2D eigenvalue weighted by molar-refractivity contribution is -0.117. The van der Waals surface area contributed by atoms with Crippen molar-refractivity contribution in [2.45, 2.75) is 64.7 Å². The van der Waals surface area contributed by atoms with Crippen LogP contribution in [-0.2, 0) is 20.2 Å². The molecule has 3 aromatic rings. The number of ether oxygens (including phenoxy) is 1. The predicted octanol–water partition coefficient (Wildman–Crippen LogP) is 7.25. The summed E-state index contributed by atoms with van der Waals surface area (Å²) in [6.07, 6.45) is 0.396. The number of aryl methyl sites for hydroxylation is 2. The molecule has 0 atom stereocenters. The minimum atomic E-state index is -4.09. The van der Waals surface area contributed by atoms with E-state index in [2.05, 4.69) is 36.7 Å². The Morgan fingerprint density at radius 2 is 1.64 bits per heavy atom. The smallest absolute Gasteiger partial charge is 0.270 e. The van der Waals surface area contributed by atoms with Crippen LogP contribution >= 0.6 is 15.9 Å². The topological polar surface area (TPSA) is 63.7 Å². The first-order chi connectivity index (χ1) is 16.8. The van der Waals surface area contributed by atoms with Crippen molar-refractivity contribution in [2.75, 3.05) is 10.9 Å². The van der Waals surface area contributed by atoms with Gasteiger partial charge in [-0.3, -0.25) is 4.79 Å². The second kappa shape index (κ2) is 11.2. The Hall–Kier alpha value is -2.64. The molecule has 36 heavy (non-hydrogen) atoms. The molecule has 3 aromatic carbocycles. The molecule has 192 valence electrons. The molecule has 1 amide bonds. The van der Waals surface area contributed by atoms with Crippen LogP contribution in [0.3, 0.4) is 0 Å². The van der Waals surface area contributed by atoms with Crippen LogP contribution in [0, 0.1) is 20.8 Å². The Bertz CT molecular complexity index is 1340. The monoisotopic (exact) mass is 571 g/mol. The minimum Gasteiger partial charge on any atom is -0.492 e. The van der Waals surface area contributed by atoms with Gasteiger partial charge in [0.05, 0.1) is 21.7 Å². The maximum atomic E-state index is 13.6. The number of rotatable bonds is 8. The van der Waals surface area contributed by atoms with E-state index in [1.54, 1.807) is 24.3 Å². The maximum absolute atomic E-state index is 13.6. The van der Waals surface area contributed by atoms with Gasteiger partial charge < -0.3 is 4.74 Å². The van der Waals surface area contributed by atoms with E-state index in [1.165, 1.54) is 17.7 Å². The van der Waals surface area contributed by atoms with Crippen LogP contribution in [0.1, 0.15) is 55.9 Å². The molecule has 0 N–H and O–H groups in total. The molecule has 0 aromatic heterocycles. The van der Waals surface area contributed by atoms with E-state index in [-0.39, 0.29) is 23.3 Å². The van der Waals surface area contributed by atoms with E-state index < -0.39 is 15.9 Å². The van der Waals surface area contributed by atoms with Crippen LogP contribution in [0.25, 0.3) is 0 Å². The zero-order valence-electron chi connectivity index (χ0n) is 21.8. The molecule has 7 heteroatoms. The molecule has 0 aliphatic heterocycles. The molecular weight excluding hydrogens is 538 g/mol. The Labute approximate surface area is 223 Å². The molecule has 0 spiro atoms. The summed E-state index contributed by atoms with van der Waals surface area (Å²) in [4.78, 5) is 13.5. The van der Waals surface area contributed by atoms with Gasteiger partial charge in [0.15, 0.2) is 0 Å². The molecule has 0 aliphatic carbocycles. The van der Waals surface area contributed by atoms with E-state index in [1.807, 2.05) is 45.0 Å². The van der Waals surface area contributed by atoms with Gasteiger partial charge in [0.25, 0.3) is 10.0 Å². The average molecular weight is 573 g/mol. The zero-order chi connectivity index (χ0) is 26.7. The zero-order valence-corrected chi connectivity index (χ0v) is 24.2. The highest BCUT2D eigenvalue weighted by atomic mass is 79.9. The van der Waals surface area contributed by atoms with Gasteiger partial charge in [0.1, 0.15) is 5.75 Å². The van der Waals surface area contributed by atoms with Gasteiger partial charge in [-0.25, -0.2) is 12.7 Å². The SMILES string of the molecule is Cc1ccc(S(=O)(=O)N(C(=O)CCCOc2ccc(C(C)(C)C)cc2Br)c2cccc(C)c2C)cc1. The van der Waals surface area contributed by atoms with Gasteiger partial charge in [-0.1, -0.05) is 56.7 Å². The predicted molar refractivity (Wildman–Crippen MR) is 149 cm³/mol. The van der Waals surface area contributed by atoms with Gasteiger partial charge in [0.2, 0.25) is 5.91 Å². The van der Waals surface area contributed by atoms with Crippen molar-refractivity contribution in [1.82, 2.24) is 0 Å². The Morgan fingerprint density at radius 3 is 2.25 bits per heavy atom. The summed E-state index contributed by atoms with van der Waals surface area (Å²) in [5.74, 6) is 0.198. The van der Waals surface area contributed by atoms with E-state index in [0.717, 1.165) is 25.5 Å². The van der Waals surface area contributed by atoms with Crippen molar-refractivity contribution < 1.29 is 17.9 Å². The second-order valence-corrected chi connectivity index (χ2v) is 12.7. The molecule has 3 rings (SSSR count). The van der Waals surface area contributed by atoms with Crippen LogP contribution in [0.5, 0.6) is 5.75 Å². The van der Waals surface area contributed by atoms with E-state index in [9.17, 15) is 13.2 Å². The Kier molecular flexibility index (Phi) is 8.67. The first-order valence-corrected chi connectivity index (χ1v) is 14.2. The van der Waals surface area contributed by atoms with Crippen molar-refractivity contribution >= 4 is 37.5 Å². The number of anilines is 1. The molecule has 0 heterocycles. The standard InChI is InChI=1S/C29H34BrNO4S/c1-20-12-15-24(16-13-20)36(33,34)31(26-10-7-9-21(2)22(26)3)28(32)11-8-18-35-27-17-14-23(19-25(27)30)29(4,5)6/h7,9-10,12-17,19H,8,11,18H2,1-6H3. The Balaban J connectivity index is 1.79. The molecule has 5 nitrogen and oxygen atoms in total. The number of carbonyl (C=O) groups excluding carboxylic acids is 1. The molecule has 0 saturated carbocycles. The highest BCUT2D eigenvalue weighted by Crippen LogP contribution is 2.32. The summed E-state index contributed by atoms with van der Waals surface area (Å²) in [6, 6.07) is 17.9. The van der Waals surface area contributed by atoms with Crippen LogP contribution in [-0.4, -0.2) is 20.9 Å².